The number of fused-ring (bicyclic) bond motifs is 1. The SMILES string of the molecule is Cc1cc(C(=O)N(C2CC2)C2CCc3[nH]ncc3C2)c(C)n1-c1ccccc1. The first-order valence-corrected chi connectivity index (χ1v) is 10.2. The van der Waals surface area contributed by atoms with E-state index in [1.54, 1.807) is 0 Å². The Morgan fingerprint density at radius 1 is 1.14 bits per heavy atom. The highest BCUT2D eigenvalue weighted by molar-refractivity contribution is 5.96. The van der Waals surface area contributed by atoms with Crippen LogP contribution >= 0.6 is 0 Å². The number of aromatic nitrogens is 3. The lowest BCUT2D eigenvalue weighted by atomic mass is 9.92. The molecular weight excluding hydrogens is 348 g/mol. The van der Waals surface area contributed by atoms with Gasteiger partial charge in [0.2, 0.25) is 0 Å². The van der Waals surface area contributed by atoms with E-state index in [0.717, 1.165) is 54.7 Å². The maximum atomic E-state index is 13.7. The van der Waals surface area contributed by atoms with E-state index in [0.29, 0.717) is 6.04 Å². The van der Waals surface area contributed by atoms with E-state index in [2.05, 4.69) is 51.7 Å². The Balaban J connectivity index is 1.48. The number of hydrogen-bond donors (Lipinski definition) is 1. The smallest absolute Gasteiger partial charge is 0.256 e. The second kappa shape index (κ2) is 6.66. The summed E-state index contributed by atoms with van der Waals surface area (Å²) in [5.74, 6) is 0.190. The number of carbonyl (C=O) groups is 1. The summed E-state index contributed by atoms with van der Waals surface area (Å²) in [5, 5.41) is 7.30. The second-order valence-electron chi connectivity index (χ2n) is 8.17. The number of aryl methyl sites for hydroxylation is 2. The van der Waals surface area contributed by atoms with Crippen LogP contribution in [0.5, 0.6) is 0 Å². The molecule has 1 saturated carbocycles. The summed E-state index contributed by atoms with van der Waals surface area (Å²) in [4.78, 5) is 15.9. The standard InChI is InChI=1S/C23H26N4O/c1-15-12-21(16(2)26(15)18-6-4-3-5-7-18)23(28)27(19-8-9-19)20-10-11-22-17(13-20)14-24-25-22/h3-7,12,14,19-20H,8-11,13H2,1-2H3,(H,24,25). The molecule has 1 fully saturated rings. The Kier molecular flexibility index (Phi) is 4.11. The van der Waals surface area contributed by atoms with Crippen LogP contribution in [0.3, 0.4) is 0 Å². The minimum atomic E-state index is 0.190. The Labute approximate surface area is 165 Å². The molecule has 2 aliphatic rings. The van der Waals surface area contributed by atoms with Gasteiger partial charge in [-0.25, -0.2) is 0 Å². The second-order valence-corrected chi connectivity index (χ2v) is 8.17. The number of nitrogens with one attached hydrogen (secondary N) is 1. The number of amides is 1. The van der Waals surface area contributed by atoms with E-state index >= 15 is 0 Å². The molecule has 0 aliphatic heterocycles. The lowest BCUT2D eigenvalue weighted by Gasteiger charge is -2.34. The molecule has 3 aromatic rings. The average molecular weight is 374 g/mol. The fourth-order valence-corrected chi connectivity index (χ4v) is 4.71. The number of carbonyl (C=O) groups excluding carboxylic acids is 1. The van der Waals surface area contributed by atoms with Crippen LogP contribution in [-0.4, -0.2) is 37.7 Å². The predicted molar refractivity (Wildman–Crippen MR) is 109 cm³/mol. The van der Waals surface area contributed by atoms with Gasteiger partial charge in [-0.1, -0.05) is 18.2 Å². The molecule has 1 N–H and O–H groups in total. The first-order valence-electron chi connectivity index (χ1n) is 10.2. The molecule has 1 unspecified atom stereocenters. The summed E-state index contributed by atoms with van der Waals surface area (Å²) in [6.45, 7) is 4.14. The molecule has 0 radical (unpaired) electrons. The van der Waals surface area contributed by atoms with Crippen LogP contribution in [0.1, 0.15) is 52.3 Å². The Morgan fingerprint density at radius 2 is 1.93 bits per heavy atom. The zero-order chi connectivity index (χ0) is 19.3. The molecule has 5 nitrogen and oxygen atoms in total. The molecule has 1 aromatic carbocycles. The third-order valence-corrected chi connectivity index (χ3v) is 6.23. The number of para-hydroxylation sites is 1. The fraction of sp³-hybridized carbons (Fsp3) is 0.391. The normalized spacial score (nSPS) is 18.7. The van der Waals surface area contributed by atoms with Crippen molar-refractivity contribution in [3.05, 3.63) is 70.8 Å². The molecule has 1 amide bonds. The lowest BCUT2D eigenvalue weighted by molar-refractivity contribution is 0.0642. The van der Waals surface area contributed by atoms with Crippen LogP contribution in [-0.2, 0) is 12.8 Å². The quantitative estimate of drug-likeness (QED) is 0.751. The van der Waals surface area contributed by atoms with Crippen molar-refractivity contribution in [3.8, 4) is 5.69 Å². The molecular formula is C23H26N4O. The molecule has 144 valence electrons. The molecule has 1 atom stereocenters. The minimum absolute atomic E-state index is 0.190. The van der Waals surface area contributed by atoms with Crippen molar-refractivity contribution in [3.63, 3.8) is 0 Å². The van der Waals surface area contributed by atoms with Crippen LogP contribution in [0.25, 0.3) is 5.69 Å². The van der Waals surface area contributed by atoms with Gasteiger partial charge >= 0.3 is 0 Å². The third kappa shape index (κ3) is 2.86. The molecule has 2 aliphatic carbocycles. The number of benzene rings is 1. The minimum Gasteiger partial charge on any atom is -0.332 e. The van der Waals surface area contributed by atoms with Gasteiger partial charge in [0.15, 0.2) is 0 Å². The van der Waals surface area contributed by atoms with Crippen LogP contribution < -0.4 is 0 Å². The zero-order valence-electron chi connectivity index (χ0n) is 16.5. The summed E-state index contributed by atoms with van der Waals surface area (Å²) in [7, 11) is 0. The first kappa shape index (κ1) is 17.3. The molecule has 0 spiro atoms. The van der Waals surface area contributed by atoms with Gasteiger partial charge < -0.3 is 9.47 Å². The van der Waals surface area contributed by atoms with Gasteiger partial charge in [0.05, 0.1) is 11.8 Å². The molecule has 5 rings (SSSR count). The highest BCUT2D eigenvalue weighted by atomic mass is 16.2. The highest BCUT2D eigenvalue weighted by Gasteiger charge is 2.40. The number of rotatable bonds is 4. The van der Waals surface area contributed by atoms with Gasteiger partial charge in [0.1, 0.15) is 0 Å². The zero-order valence-corrected chi connectivity index (χ0v) is 16.5. The Bertz CT molecular complexity index is 1010. The Hall–Kier alpha value is -2.82. The van der Waals surface area contributed by atoms with Gasteiger partial charge in [-0.2, -0.15) is 5.10 Å². The monoisotopic (exact) mass is 374 g/mol. The van der Waals surface area contributed by atoms with Gasteiger partial charge in [0, 0.05) is 34.9 Å². The topological polar surface area (TPSA) is 53.9 Å². The van der Waals surface area contributed by atoms with Crippen LogP contribution in [0.4, 0.5) is 0 Å². The number of hydrogen-bond acceptors (Lipinski definition) is 2. The van der Waals surface area contributed by atoms with Crippen molar-refractivity contribution in [2.75, 3.05) is 0 Å². The van der Waals surface area contributed by atoms with Gasteiger partial charge in [0.25, 0.3) is 5.91 Å². The maximum Gasteiger partial charge on any atom is 0.256 e. The summed E-state index contributed by atoms with van der Waals surface area (Å²) >= 11 is 0. The van der Waals surface area contributed by atoms with Crippen LogP contribution in [0.15, 0.2) is 42.6 Å². The van der Waals surface area contributed by atoms with E-state index < -0.39 is 0 Å². The summed E-state index contributed by atoms with van der Waals surface area (Å²) in [5.41, 5.74) is 6.58. The third-order valence-electron chi connectivity index (χ3n) is 6.23. The first-order chi connectivity index (χ1) is 13.6. The molecule has 0 saturated heterocycles. The largest absolute Gasteiger partial charge is 0.332 e. The van der Waals surface area contributed by atoms with Crippen molar-refractivity contribution in [2.24, 2.45) is 0 Å². The van der Waals surface area contributed by atoms with E-state index in [1.165, 1.54) is 11.3 Å². The van der Waals surface area contributed by atoms with Crippen molar-refractivity contribution in [2.45, 2.75) is 58.0 Å². The average Bonchev–Trinajstić information content (AvgIpc) is 3.33. The van der Waals surface area contributed by atoms with Crippen LogP contribution in [0.2, 0.25) is 0 Å². The van der Waals surface area contributed by atoms with Gasteiger partial charge in [-0.15, -0.1) is 0 Å². The van der Waals surface area contributed by atoms with Crippen LogP contribution in [0, 0.1) is 13.8 Å². The number of H-pyrrole nitrogens is 1. The van der Waals surface area contributed by atoms with Crippen molar-refractivity contribution in [1.82, 2.24) is 19.7 Å². The van der Waals surface area contributed by atoms with E-state index in [4.69, 9.17) is 0 Å². The summed E-state index contributed by atoms with van der Waals surface area (Å²) in [6, 6.07) is 13.0. The van der Waals surface area contributed by atoms with E-state index in [-0.39, 0.29) is 11.9 Å². The van der Waals surface area contributed by atoms with Gasteiger partial charge in [-0.3, -0.25) is 9.89 Å². The Morgan fingerprint density at radius 3 is 2.68 bits per heavy atom. The summed E-state index contributed by atoms with van der Waals surface area (Å²) < 4.78 is 2.19. The van der Waals surface area contributed by atoms with Gasteiger partial charge in [-0.05, 0) is 69.7 Å². The predicted octanol–water partition coefficient (Wildman–Crippen LogP) is 3.98. The van der Waals surface area contributed by atoms with E-state index in [1.807, 2.05) is 24.4 Å². The molecule has 5 heteroatoms. The number of aromatic amines is 1. The van der Waals surface area contributed by atoms with Crippen molar-refractivity contribution >= 4 is 5.91 Å². The van der Waals surface area contributed by atoms with Crippen molar-refractivity contribution in [1.29, 1.82) is 0 Å². The molecule has 2 heterocycles. The summed E-state index contributed by atoms with van der Waals surface area (Å²) in [6.07, 6.45) is 7.06. The highest BCUT2D eigenvalue weighted by Crippen LogP contribution is 2.35. The lowest BCUT2D eigenvalue weighted by Crippen LogP contribution is -2.45. The maximum absolute atomic E-state index is 13.7. The molecule has 2 aromatic heterocycles. The fourth-order valence-electron chi connectivity index (χ4n) is 4.71. The molecule has 0 bridgehead atoms. The number of nitrogens with zero attached hydrogens (tertiary/aromatic N) is 3. The van der Waals surface area contributed by atoms with E-state index in [9.17, 15) is 4.79 Å². The molecule has 28 heavy (non-hydrogen) atoms. The van der Waals surface area contributed by atoms with Crippen molar-refractivity contribution < 1.29 is 4.79 Å².